The van der Waals surface area contributed by atoms with E-state index in [1.54, 1.807) is 6.20 Å². The van der Waals surface area contributed by atoms with Crippen LogP contribution in [0.4, 0.5) is 0 Å². The predicted molar refractivity (Wildman–Crippen MR) is 68.4 cm³/mol. The third-order valence-corrected chi connectivity index (χ3v) is 4.63. The van der Waals surface area contributed by atoms with Gasteiger partial charge < -0.3 is 15.7 Å². The van der Waals surface area contributed by atoms with Gasteiger partial charge in [0.2, 0.25) is 0 Å². The number of aromatic nitrogens is 1. The Kier molecular flexibility index (Phi) is 4.15. The van der Waals surface area contributed by atoms with Crippen molar-refractivity contribution in [2.75, 3.05) is 0 Å². The standard InChI is InChI=1S/C12H17NO3S.H2O/c1-11(2)7-12(16,10-13-5-6-17-10)4-3-8(11)9(14)15;/h5-6,8,16H,3-4,7H2,1-2H3,(H,14,15);1H2/t8-,12-;/m1./s1. The average Bonchev–Trinajstić information content (AvgIpc) is 2.67. The second-order valence-corrected chi connectivity index (χ2v) is 6.36. The monoisotopic (exact) mass is 273 g/mol. The van der Waals surface area contributed by atoms with Gasteiger partial charge in [0.1, 0.15) is 10.6 Å². The Bertz CT molecular complexity index is 418. The Labute approximate surface area is 110 Å². The maximum atomic E-state index is 11.2. The maximum Gasteiger partial charge on any atom is 0.307 e. The molecule has 5 nitrogen and oxygen atoms in total. The van der Waals surface area contributed by atoms with Crippen LogP contribution in [0.2, 0.25) is 0 Å². The van der Waals surface area contributed by atoms with Crippen molar-refractivity contribution in [3.05, 3.63) is 16.6 Å². The maximum absolute atomic E-state index is 11.2. The summed E-state index contributed by atoms with van der Waals surface area (Å²) in [4.78, 5) is 15.3. The first kappa shape index (κ1) is 15.1. The molecule has 0 aromatic carbocycles. The molecular formula is C12H19NO4S. The molecule has 0 bridgehead atoms. The van der Waals surface area contributed by atoms with Crippen LogP contribution in [0.25, 0.3) is 0 Å². The van der Waals surface area contributed by atoms with Crippen LogP contribution in [-0.4, -0.2) is 26.6 Å². The fourth-order valence-corrected chi connectivity index (χ4v) is 3.60. The molecule has 2 rings (SSSR count). The Morgan fingerprint density at radius 1 is 1.56 bits per heavy atom. The van der Waals surface area contributed by atoms with Crippen molar-refractivity contribution in [1.82, 2.24) is 4.98 Å². The van der Waals surface area contributed by atoms with Gasteiger partial charge in [-0.3, -0.25) is 4.79 Å². The molecule has 1 aliphatic rings. The second-order valence-electron chi connectivity index (χ2n) is 5.46. The lowest BCUT2D eigenvalue weighted by atomic mass is 9.63. The van der Waals surface area contributed by atoms with Crippen molar-refractivity contribution in [2.24, 2.45) is 11.3 Å². The summed E-state index contributed by atoms with van der Waals surface area (Å²) >= 11 is 1.43. The fraction of sp³-hybridized carbons (Fsp3) is 0.667. The van der Waals surface area contributed by atoms with E-state index in [2.05, 4.69) is 4.98 Å². The highest BCUT2D eigenvalue weighted by atomic mass is 32.1. The molecule has 0 radical (unpaired) electrons. The smallest absolute Gasteiger partial charge is 0.307 e. The Morgan fingerprint density at radius 3 is 2.67 bits per heavy atom. The van der Waals surface area contributed by atoms with E-state index in [1.165, 1.54) is 11.3 Å². The Balaban J connectivity index is 0.00000162. The molecule has 6 heteroatoms. The summed E-state index contributed by atoms with van der Waals surface area (Å²) in [6.45, 7) is 3.81. The molecule has 2 atom stereocenters. The molecule has 1 fully saturated rings. The largest absolute Gasteiger partial charge is 0.481 e. The summed E-state index contributed by atoms with van der Waals surface area (Å²) in [5.41, 5.74) is -1.37. The van der Waals surface area contributed by atoms with E-state index in [1.807, 2.05) is 19.2 Å². The molecule has 1 aliphatic carbocycles. The molecule has 0 unspecified atom stereocenters. The summed E-state index contributed by atoms with van der Waals surface area (Å²) < 4.78 is 0. The van der Waals surface area contributed by atoms with E-state index < -0.39 is 17.0 Å². The van der Waals surface area contributed by atoms with Crippen LogP contribution in [-0.2, 0) is 10.4 Å². The number of hydrogen-bond acceptors (Lipinski definition) is 4. The van der Waals surface area contributed by atoms with Crippen molar-refractivity contribution in [1.29, 1.82) is 0 Å². The van der Waals surface area contributed by atoms with Gasteiger partial charge in [-0.05, 0) is 24.7 Å². The van der Waals surface area contributed by atoms with Crippen LogP contribution in [0.3, 0.4) is 0 Å². The van der Waals surface area contributed by atoms with Gasteiger partial charge in [0.25, 0.3) is 0 Å². The van der Waals surface area contributed by atoms with Gasteiger partial charge in [-0.2, -0.15) is 0 Å². The average molecular weight is 273 g/mol. The molecule has 0 saturated heterocycles. The minimum Gasteiger partial charge on any atom is -0.481 e. The molecule has 0 aliphatic heterocycles. The molecule has 1 saturated carbocycles. The molecule has 102 valence electrons. The predicted octanol–water partition coefficient (Wildman–Crippen LogP) is 1.42. The molecule has 1 aromatic rings. The molecule has 1 heterocycles. The first-order valence-corrected chi connectivity index (χ1v) is 6.58. The van der Waals surface area contributed by atoms with Crippen LogP contribution in [0, 0.1) is 11.3 Å². The molecular weight excluding hydrogens is 254 g/mol. The van der Waals surface area contributed by atoms with Crippen molar-refractivity contribution >= 4 is 17.3 Å². The zero-order valence-electron chi connectivity index (χ0n) is 10.5. The summed E-state index contributed by atoms with van der Waals surface area (Å²) in [5, 5.41) is 22.3. The summed E-state index contributed by atoms with van der Waals surface area (Å²) in [6, 6.07) is 0. The van der Waals surface area contributed by atoms with Crippen LogP contribution >= 0.6 is 11.3 Å². The first-order valence-electron chi connectivity index (χ1n) is 5.70. The number of carboxylic acids is 1. The van der Waals surface area contributed by atoms with Crippen LogP contribution in [0.1, 0.15) is 38.1 Å². The number of aliphatic carboxylic acids is 1. The number of nitrogens with zero attached hydrogens (tertiary/aromatic N) is 1. The molecule has 0 amide bonds. The van der Waals surface area contributed by atoms with E-state index >= 15 is 0 Å². The second kappa shape index (κ2) is 4.95. The minimum absolute atomic E-state index is 0. The van der Waals surface area contributed by atoms with Gasteiger partial charge in [0.15, 0.2) is 0 Å². The Hall–Kier alpha value is -0.980. The van der Waals surface area contributed by atoms with Crippen molar-refractivity contribution in [2.45, 2.75) is 38.7 Å². The quantitative estimate of drug-likeness (QED) is 0.850. The van der Waals surface area contributed by atoms with Gasteiger partial charge in [-0.15, -0.1) is 11.3 Å². The van der Waals surface area contributed by atoms with E-state index in [0.29, 0.717) is 24.3 Å². The molecule has 18 heavy (non-hydrogen) atoms. The van der Waals surface area contributed by atoms with Crippen LogP contribution in [0.15, 0.2) is 11.6 Å². The van der Waals surface area contributed by atoms with E-state index in [0.717, 1.165) is 0 Å². The number of carbonyl (C=O) groups is 1. The third kappa shape index (κ3) is 2.55. The lowest BCUT2D eigenvalue weighted by Crippen LogP contribution is -2.44. The van der Waals surface area contributed by atoms with Crippen molar-refractivity contribution < 1.29 is 20.5 Å². The van der Waals surface area contributed by atoms with E-state index in [9.17, 15) is 15.0 Å². The van der Waals surface area contributed by atoms with Crippen molar-refractivity contribution in [3.63, 3.8) is 0 Å². The highest BCUT2D eigenvalue weighted by Crippen LogP contribution is 2.49. The van der Waals surface area contributed by atoms with Crippen LogP contribution < -0.4 is 0 Å². The van der Waals surface area contributed by atoms with Gasteiger partial charge in [0.05, 0.1) is 5.92 Å². The zero-order valence-corrected chi connectivity index (χ0v) is 11.3. The minimum atomic E-state index is -0.955. The molecule has 4 N–H and O–H groups in total. The van der Waals surface area contributed by atoms with Gasteiger partial charge in [-0.25, -0.2) is 4.98 Å². The van der Waals surface area contributed by atoms with Gasteiger partial charge in [-0.1, -0.05) is 13.8 Å². The normalized spacial score (nSPS) is 30.5. The number of carboxylic acid groups (broad SMARTS) is 1. The summed E-state index contributed by atoms with van der Waals surface area (Å²) in [7, 11) is 0. The highest BCUT2D eigenvalue weighted by Gasteiger charge is 2.48. The third-order valence-electron chi connectivity index (χ3n) is 3.67. The Morgan fingerprint density at radius 2 is 2.22 bits per heavy atom. The van der Waals surface area contributed by atoms with Crippen molar-refractivity contribution in [3.8, 4) is 0 Å². The highest BCUT2D eigenvalue weighted by molar-refractivity contribution is 7.09. The lowest BCUT2D eigenvalue weighted by molar-refractivity contribution is -0.154. The topological polar surface area (TPSA) is 102 Å². The lowest BCUT2D eigenvalue weighted by Gasteiger charge is -2.44. The molecule has 1 aromatic heterocycles. The summed E-state index contributed by atoms with van der Waals surface area (Å²) in [5.74, 6) is -1.15. The van der Waals surface area contributed by atoms with E-state index in [4.69, 9.17) is 0 Å². The van der Waals surface area contributed by atoms with Gasteiger partial charge >= 0.3 is 5.97 Å². The van der Waals surface area contributed by atoms with Crippen LogP contribution in [0.5, 0.6) is 0 Å². The fourth-order valence-electron chi connectivity index (χ4n) is 2.83. The first-order chi connectivity index (χ1) is 7.85. The molecule has 0 spiro atoms. The number of aliphatic hydroxyl groups is 1. The van der Waals surface area contributed by atoms with Gasteiger partial charge in [0, 0.05) is 11.6 Å². The van der Waals surface area contributed by atoms with E-state index in [-0.39, 0.29) is 11.4 Å². The number of thiazole rings is 1. The zero-order chi connectivity index (χ0) is 12.7. The number of rotatable bonds is 2. The summed E-state index contributed by atoms with van der Waals surface area (Å²) in [6.07, 6.45) is 3.10. The number of hydrogen-bond donors (Lipinski definition) is 2. The SMILES string of the molecule is CC1(C)C[C@@](O)(c2nccs2)CC[C@@H]1C(=O)O.O.